The second-order valence-corrected chi connectivity index (χ2v) is 14.0. The first-order valence-electron chi connectivity index (χ1n) is 8.81. The van der Waals surface area contributed by atoms with Gasteiger partial charge in [-0.2, -0.15) is 0 Å². The molecule has 3 atom stereocenters. The largest absolute Gasteiger partial charge is 0.145 e. The minimum atomic E-state index is -1.52. The zero-order chi connectivity index (χ0) is 15.1. The minimum Gasteiger partial charge on any atom is -0.130 e. The van der Waals surface area contributed by atoms with Crippen molar-refractivity contribution in [3.8, 4) is 11.5 Å². The molecule has 2 rings (SSSR count). The summed E-state index contributed by atoms with van der Waals surface area (Å²) in [5, 5.41) is 0. The molecule has 0 aliphatic heterocycles. The Morgan fingerprint density at radius 3 is 1.60 bits per heavy atom. The van der Waals surface area contributed by atoms with E-state index in [9.17, 15) is 0 Å². The van der Waals surface area contributed by atoms with Crippen molar-refractivity contribution in [2.24, 2.45) is 17.3 Å². The number of rotatable bonds is 3. The van der Waals surface area contributed by atoms with Crippen molar-refractivity contribution >= 4 is 8.07 Å². The van der Waals surface area contributed by atoms with Crippen LogP contribution in [0.25, 0.3) is 0 Å². The van der Waals surface area contributed by atoms with Crippen molar-refractivity contribution in [3.63, 3.8) is 0 Å². The van der Waals surface area contributed by atoms with Crippen molar-refractivity contribution in [1.82, 2.24) is 0 Å². The molecule has 0 bridgehead atoms. The SMILES string of the molecule is CC(C)[Si](C#CC1(C)[C@@H]2CCCC[C@@H]21)(C(C)C)C(C)C. The van der Waals surface area contributed by atoms with Crippen LogP contribution in [0.5, 0.6) is 0 Å². The number of hydrogen-bond donors (Lipinski definition) is 0. The summed E-state index contributed by atoms with van der Waals surface area (Å²) >= 11 is 0. The van der Waals surface area contributed by atoms with E-state index in [-0.39, 0.29) is 0 Å². The van der Waals surface area contributed by atoms with E-state index in [2.05, 4.69) is 59.9 Å². The third kappa shape index (κ3) is 2.39. The van der Waals surface area contributed by atoms with Gasteiger partial charge in [0.1, 0.15) is 8.07 Å². The smallest absolute Gasteiger partial charge is 0.130 e. The van der Waals surface area contributed by atoms with E-state index in [1.165, 1.54) is 25.7 Å². The van der Waals surface area contributed by atoms with Gasteiger partial charge in [-0.1, -0.05) is 54.4 Å². The Morgan fingerprint density at radius 1 is 0.850 bits per heavy atom. The van der Waals surface area contributed by atoms with Gasteiger partial charge in [0.25, 0.3) is 0 Å². The van der Waals surface area contributed by atoms with Crippen LogP contribution in [-0.4, -0.2) is 8.07 Å². The third-order valence-electron chi connectivity index (χ3n) is 6.61. The lowest BCUT2D eigenvalue weighted by Gasteiger charge is -2.38. The lowest BCUT2D eigenvalue weighted by Crippen LogP contribution is -2.43. The van der Waals surface area contributed by atoms with Gasteiger partial charge in [-0.05, 0) is 48.2 Å². The van der Waals surface area contributed by atoms with Gasteiger partial charge in [-0.3, -0.25) is 0 Å². The number of fused-ring (bicyclic) bond motifs is 1. The van der Waals surface area contributed by atoms with E-state index in [4.69, 9.17) is 0 Å². The average Bonchev–Trinajstić information content (AvgIpc) is 2.95. The van der Waals surface area contributed by atoms with Crippen LogP contribution in [0.3, 0.4) is 0 Å². The van der Waals surface area contributed by atoms with Gasteiger partial charge in [-0.25, -0.2) is 0 Å². The molecule has 114 valence electrons. The van der Waals surface area contributed by atoms with Crippen molar-refractivity contribution in [2.45, 2.75) is 90.8 Å². The van der Waals surface area contributed by atoms with E-state index >= 15 is 0 Å². The molecule has 2 fully saturated rings. The second kappa shape index (κ2) is 5.52. The Labute approximate surface area is 128 Å². The van der Waals surface area contributed by atoms with Crippen molar-refractivity contribution < 1.29 is 0 Å². The highest BCUT2D eigenvalue weighted by Crippen LogP contribution is 2.65. The molecule has 0 spiro atoms. The van der Waals surface area contributed by atoms with Crippen molar-refractivity contribution in [1.29, 1.82) is 0 Å². The minimum absolute atomic E-state index is 0.382. The molecule has 2 saturated carbocycles. The molecule has 0 heterocycles. The standard InChI is InChI=1S/C19H34Si/c1-14(2)20(15(3)4,16(5)6)13-12-19(7)17-10-8-9-11-18(17)19/h14-18H,8-11H2,1-7H3/t17-,18+,19?. The maximum atomic E-state index is 3.98. The molecule has 0 saturated heterocycles. The topological polar surface area (TPSA) is 0 Å². The highest BCUT2D eigenvalue weighted by atomic mass is 28.3. The van der Waals surface area contributed by atoms with E-state index in [0.29, 0.717) is 5.41 Å². The van der Waals surface area contributed by atoms with Crippen LogP contribution >= 0.6 is 0 Å². The fourth-order valence-corrected chi connectivity index (χ4v) is 10.6. The Bertz CT molecular complexity index is 373. The molecule has 1 unspecified atom stereocenters. The molecule has 0 nitrogen and oxygen atoms in total. The molecular formula is C19H34Si. The normalized spacial score (nSPS) is 33.1. The molecule has 0 aromatic rings. The Hall–Kier alpha value is -0.223. The molecule has 0 radical (unpaired) electrons. The first-order valence-corrected chi connectivity index (χ1v) is 11.0. The summed E-state index contributed by atoms with van der Waals surface area (Å²) in [5.41, 5.74) is 6.65. The highest BCUT2D eigenvalue weighted by Gasteiger charge is 2.60. The van der Waals surface area contributed by atoms with Gasteiger partial charge in [0.2, 0.25) is 0 Å². The van der Waals surface area contributed by atoms with Gasteiger partial charge < -0.3 is 0 Å². The fourth-order valence-electron chi connectivity index (χ4n) is 5.29. The van der Waals surface area contributed by atoms with Gasteiger partial charge in [0.05, 0.1) is 0 Å². The molecule has 20 heavy (non-hydrogen) atoms. The van der Waals surface area contributed by atoms with E-state index in [1.807, 2.05) is 0 Å². The molecule has 2 aliphatic carbocycles. The molecular weight excluding hydrogens is 256 g/mol. The number of hydrogen-bond acceptors (Lipinski definition) is 0. The van der Waals surface area contributed by atoms with E-state index in [0.717, 1.165) is 28.5 Å². The first-order chi connectivity index (χ1) is 9.26. The summed E-state index contributed by atoms with van der Waals surface area (Å²) in [6.45, 7) is 17.0. The van der Waals surface area contributed by atoms with Gasteiger partial charge in [0.15, 0.2) is 0 Å². The summed E-state index contributed by atoms with van der Waals surface area (Å²) in [7, 11) is -1.52. The molecule has 0 N–H and O–H groups in total. The van der Waals surface area contributed by atoms with Crippen LogP contribution in [0.1, 0.15) is 74.1 Å². The molecule has 1 heteroatoms. The first kappa shape index (κ1) is 16.2. The molecule has 2 aliphatic rings. The second-order valence-electron chi connectivity index (χ2n) is 8.43. The van der Waals surface area contributed by atoms with Crippen LogP contribution in [0.2, 0.25) is 16.6 Å². The third-order valence-corrected chi connectivity index (χ3v) is 12.9. The van der Waals surface area contributed by atoms with Crippen LogP contribution < -0.4 is 0 Å². The Balaban J connectivity index is 2.28. The Morgan fingerprint density at radius 2 is 1.25 bits per heavy atom. The zero-order valence-corrected chi connectivity index (χ0v) is 15.7. The van der Waals surface area contributed by atoms with Crippen molar-refractivity contribution in [2.75, 3.05) is 0 Å². The van der Waals surface area contributed by atoms with Crippen LogP contribution in [0.15, 0.2) is 0 Å². The van der Waals surface area contributed by atoms with Crippen LogP contribution in [-0.2, 0) is 0 Å². The summed E-state index contributed by atoms with van der Waals surface area (Å²) in [6.07, 6.45) is 5.77. The van der Waals surface area contributed by atoms with Crippen LogP contribution in [0.4, 0.5) is 0 Å². The molecule has 0 amide bonds. The predicted molar refractivity (Wildman–Crippen MR) is 92.4 cm³/mol. The predicted octanol–water partition coefficient (Wildman–Crippen LogP) is 6.03. The lowest BCUT2D eigenvalue weighted by atomic mass is 10.0. The average molecular weight is 291 g/mol. The van der Waals surface area contributed by atoms with E-state index < -0.39 is 8.07 Å². The summed E-state index contributed by atoms with van der Waals surface area (Å²) in [6, 6.07) is 0. The van der Waals surface area contributed by atoms with Gasteiger partial charge in [0, 0.05) is 5.41 Å². The van der Waals surface area contributed by atoms with Gasteiger partial charge >= 0.3 is 0 Å². The lowest BCUT2D eigenvalue weighted by molar-refractivity contribution is 0.480. The maximum Gasteiger partial charge on any atom is 0.145 e. The highest BCUT2D eigenvalue weighted by molar-refractivity contribution is 6.90. The van der Waals surface area contributed by atoms with Gasteiger partial charge in [-0.15, -0.1) is 11.5 Å². The monoisotopic (exact) mass is 290 g/mol. The van der Waals surface area contributed by atoms with Crippen LogP contribution in [0, 0.1) is 28.7 Å². The fraction of sp³-hybridized carbons (Fsp3) is 0.895. The summed E-state index contributed by atoms with van der Waals surface area (Å²) < 4.78 is 0. The summed E-state index contributed by atoms with van der Waals surface area (Å²) in [5.74, 6) is 5.74. The molecule has 0 aromatic heterocycles. The maximum absolute atomic E-state index is 3.98. The van der Waals surface area contributed by atoms with Crippen molar-refractivity contribution in [3.05, 3.63) is 0 Å². The molecule has 0 aromatic carbocycles. The Kier molecular flexibility index (Phi) is 4.46. The summed E-state index contributed by atoms with van der Waals surface area (Å²) in [4.78, 5) is 0. The zero-order valence-electron chi connectivity index (χ0n) is 14.7. The van der Waals surface area contributed by atoms with E-state index in [1.54, 1.807) is 0 Å². The quantitative estimate of drug-likeness (QED) is 0.439.